The van der Waals surface area contributed by atoms with Gasteiger partial charge in [0, 0.05) is 18.4 Å². The summed E-state index contributed by atoms with van der Waals surface area (Å²) in [6.45, 7) is 5.28. The molecule has 0 saturated carbocycles. The number of halogens is 1. The molecule has 0 fully saturated rings. The topological polar surface area (TPSA) is 33.6 Å². The standard InChI is InChI=1S/C13H17ClN2OS/c1-13(2)7-15-12(18-8-13)16-11-6-9(17-3)4-5-10(11)14/h4-6H,7-8H2,1-3H3,(H,15,16). The van der Waals surface area contributed by atoms with Gasteiger partial charge in [-0.25, -0.2) is 0 Å². The van der Waals surface area contributed by atoms with E-state index < -0.39 is 0 Å². The number of hydrogen-bond acceptors (Lipinski definition) is 4. The van der Waals surface area contributed by atoms with Gasteiger partial charge < -0.3 is 10.1 Å². The molecule has 2 rings (SSSR count). The minimum absolute atomic E-state index is 0.272. The number of ether oxygens (including phenoxy) is 1. The summed E-state index contributed by atoms with van der Waals surface area (Å²) < 4.78 is 5.19. The zero-order valence-electron chi connectivity index (χ0n) is 10.8. The summed E-state index contributed by atoms with van der Waals surface area (Å²) in [5, 5.41) is 4.85. The van der Waals surface area contributed by atoms with Crippen LogP contribution in [0.1, 0.15) is 13.8 Å². The van der Waals surface area contributed by atoms with Crippen LogP contribution < -0.4 is 10.1 Å². The van der Waals surface area contributed by atoms with Gasteiger partial charge in [0.25, 0.3) is 0 Å². The normalized spacial score (nSPS) is 18.1. The number of methoxy groups -OCH3 is 1. The average molecular weight is 285 g/mol. The smallest absolute Gasteiger partial charge is 0.161 e. The molecule has 1 heterocycles. The van der Waals surface area contributed by atoms with Crippen LogP contribution in [-0.2, 0) is 0 Å². The second kappa shape index (κ2) is 5.41. The molecular weight excluding hydrogens is 268 g/mol. The Kier molecular flexibility index (Phi) is 4.07. The van der Waals surface area contributed by atoms with E-state index in [1.165, 1.54) is 0 Å². The molecule has 0 amide bonds. The number of benzene rings is 1. The molecule has 0 unspecified atom stereocenters. The number of amidine groups is 1. The van der Waals surface area contributed by atoms with Crippen molar-refractivity contribution in [3.05, 3.63) is 23.2 Å². The number of thioether (sulfide) groups is 1. The van der Waals surface area contributed by atoms with Gasteiger partial charge in [0.1, 0.15) is 5.75 Å². The monoisotopic (exact) mass is 284 g/mol. The molecule has 1 aromatic rings. The SMILES string of the molecule is COc1ccc(Cl)c(NC2=NCC(C)(C)CS2)c1. The lowest BCUT2D eigenvalue weighted by Gasteiger charge is -2.27. The molecule has 0 atom stereocenters. The molecule has 5 heteroatoms. The Morgan fingerprint density at radius 3 is 2.83 bits per heavy atom. The van der Waals surface area contributed by atoms with Gasteiger partial charge >= 0.3 is 0 Å². The molecule has 0 saturated heterocycles. The first kappa shape index (κ1) is 13.6. The number of nitrogens with one attached hydrogen (secondary N) is 1. The molecule has 98 valence electrons. The molecule has 0 radical (unpaired) electrons. The molecule has 1 aliphatic rings. The molecule has 1 aromatic carbocycles. The van der Waals surface area contributed by atoms with Crippen molar-refractivity contribution in [2.75, 3.05) is 24.7 Å². The Bertz CT molecular complexity index is 474. The van der Waals surface area contributed by atoms with Crippen molar-refractivity contribution >= 4 is 34.2 Å². The molecule has 1 N–H and O–H groups in total. The van der Waals surface area contributed by atoms with Crippen LogP contribution in [0.3, 0.4) is 0 Å². The first-order valence-corrected chi connectivity index (χ1v) is 7.14. The highest BCUT2D eigenvalue weighted by atomic mass is 35.5. The fraction of sp³-hybridized carbons (Fsp3) is 0.462. The molecule has 3 nitrogen and oxygen atoms in total. The third-order valence-electron chi connectivity index (χ3n) is 2.67. The van der Waals surface area contributed by atoms with Crippen LogP contribution in [0.4, 0.5) is 5.69 Å². The quantitative estimate of drug-likeness (QED) is 0.894. The molecular formula is C13H17ClN2OS. The van der Waals surface area contributed by atoms with Gasteiger partial charge in [-0.15, -0.1) is 0 Å². The molecule has 0 bridgehead atoms. The predicted molar refractivity (Wildman–Crippen MR) is 80.2 cm³/mol. The van der Waals surface area contributed by atoms with Crippen molar-refractivity contribution < 1.29 is 4.74 Å². The van der Waals surface area contributed by atoms with Gasteiger partial charge in [-0.2, -0.15) is 0 Å². The minimum Gasteiger partial charge on any atom is -0.497 e. The van der Waals surface area contributed by atoms with Crippen LogP contribution >= 0.6 is 23.4 Å². The lowest BCUT2D eigenvalue weighted by molar-refractivity contribution is 0.415. The summed E-state index contributed by atoms with van der Waals surface area (Å²) in [6.07, 6.45) is 0. The fourth-order valence-corrected chi connectivity index (χ4v) is 2.68. The number of anilines is 1. The highest BCUT2D eigenvalue weighted by molar-refractivity contribution is 8.14. The van der Waals surface area contributed by atoms with Gasteiger partial charge in [-0.1, -0.05) is 37.2 Å². The zero-order chi connectivity index (χ0) is 13.2. The van der Waals surface area contributed by atoms with E-state index in [4.69, 9.17) is 16.3 Å². The number of nitrogens with zero attached hydrogens (tertiary/aromatic N) is 1. The molecule has 0 aliphatic carbocycles. The van der Waals surface area contributed by atoms with E-state index in [-0.39, 0.29) is 5.41 Å². The third kappa shape index (κ3) is 3.33. The average Bonchev–Trinajstić information content (AvgIpc) is 2.34. The first-order valence-electron chi connectivity index (χ1n) is 5.78. The zero-order valence-corrected chi connectivity index (χ0v) is 12.4. The van der Waals surface area contributed by atoms with Crippen molar-refractivity contribution in [1.82, 2.24) is 0 Å². The van der Waals surface area contributed by atoms with Gasteiger partial charge in [0.15, 0.2) is 5.17 Å². The van der Waals surface area contributed by atoms with Crippen LogP contribution in [0.25, 0.3) is 0 Å². The highest BCUT2D eigenvalue weighted by Gasteiger charge is 2.23. The van der Waals surface area contributed by atoms with Crippen LogP contribution in [0.2, 0.25) is 5.02 Å². The molecule has 0 spiro atoms. The lowest BCUT2D eigenvalue weighted by atomic mass is 9.97. The van der Waals surface area contributed by atoms with Gasteiger partial charge in [0.2, 0.25) is 0 Å². The predicted octanol–water partition coefficient (Wildman–Crippen LogP) is 3.89. The lowest BCUT2D eigenvalue weighted by Crippen LogP contribution is -2.27. The van der Waals surface area contributed by atoms with Crippen molar-refractivity contribution in [2.45, 2.75) is 13.8 Å². The van der Waals surface area contributed by atoms with E-state index in [1.807, 2.05) is 18.2 Å². The maximum Gasteiger partial charge on any atom is 0.161 e. The summed E-state index contributed by atoms with van der Waals surface area (Å²) in [7, 11) is 1.64. The summed E-state index contributed by atoms with van der Waals surface area (Å²) >= 11 is 7.87. The van der Waals surface area contributed by atoms with Gasteiger partial charge in [-0.3, -0.25) is 4.99 Å². The highest BCUT2D eigenvalue weighted by Crippen LogP contribution is 2.31. The Morgan fingerprint density at radius 1 is 1.44 bits per heavy atom. The summed E-state index contributed by atoms with van der Waals surface area (Å²) in [5.74, 6) is 1.84. The summed E-state index contributed by atoms with van der Waals surface area (Å²) in [5.41, 5.74) is 1.11. The Morgan fingerprint density at radius 2 is 2.22 bits per heavy atom. The van der Waals surface area contributed by atoms with Crippen molar-refractivity contribution in [3.63, 3.8) is 0 Å². The van der Waals surface area contributed by atoms with Crippen LogP contribution in [0.15, 0.2) is 23.2 Å². The Balaban J connectivity index is 2.12. The molecule has 0 aromatic heterocycles. The fourth-order valence-electron chi connectivity index (χ4n) is 1.56. The maximum atomic E-state index is 6.15. The van der Waals surface area contributed by atoms with E-state index in [0.717, 1.165) is 28.9 Å². The van der Waals surface area contributed by atoms with Crippen LogP contribution in [-0.4, -0.2) is 24.6 Å². The van der Waals surface area contributed by atoms with Crippen molar-refractivity contribution in [3.8, 4) is 5.75 Å². The second-order valence-electron chi connectivity index (χ2n) is 5.05. The summed E-state index contributed by atoms with van der Waals surface area (Å²) in [4.78, 5) is 4.54. The van der Waals surface area contributed by atoms with Crippen LogP contribution in [0.5, 0.6) is 5.75 Å². The van der Waals surface area contributed by atoms with Gasteiger partial charge in [0.05, 0.1) is 17.8 Å². The van der Waals surface area contributed by atoms with E-state index in [9.17, 15) is 0 Å². The summed E-state index contributed by atoms with van der Waals surface area (Å²) in [6, 6.07) is 5.54. The van der Waals surface area contributed by atoms with E-state index in [2.05, 4.69) is 24.2 Å². The van der Waals surface area contributed by atoms with Crippen molar-refractivity contribution in [1.29, 1.82) is 0 Å². The number of rotatable bonds is 2. The Hall–Kier alpha value is -0.870. The van der Waals surface area contributed by atoms with E-state index in [0.29, 0.717) is 5.02 Å². The minimum atomic E-state index is 0.272. The van der Waals surface area contributed by atoms with Crippen LogP contribution in [0, 0.1) is 5.41 Å². The largest absolute Gasteiger partial charge is 0.497 e. The molecule has 1 aliphatic heterocycles. The van der Waals surface area contributed by atoms with E-state index in [1.54, 1.807) is 18.9 Å². The van der Waals surface area contributed by atoms with Gasteiger partial charge in [-0.05, 0) is 17.5 Å². The first-order chi connectivity index (χ1) is 8.50. The number of hydrogen-bond donors (Lipinski definition) is 1. The number of aliphatic imine (C=N–C) groups is 1. The Labute approximate surface area is 117 Å². The third-order valence-corrected chi connectivity index (χ3v) is 4.43. The maximum absolute atomic E-state index is 6.15. The van der Waals surface area contributed by atoms with Crippen molar-refractivity contribution in [2.24, 2.45) is 10.4 Å². The van der Waals surface area contributed by atoms with E-state index >= 15 is 0 Å². The molecule has 18 heavy (non-hydrogen) atoms. The second-order valence-corrected chi connectivity index (χ2v) is 6.42.